The van der Waals surface area contributed by atoms with E-state index in [2.05, 4.69) is 20.0 Å². The third-order valence-corrected chi connectivity index (χ3v) is 3.14. The summed E-state index contributed by atoms with van der Waals surface area (Å²) in [5.41, 5.74) is 2.47. The lowest BCUT2D eigenvalue weighted by Crippen LogP contribution is -2.33. The van der Waals surface area contributed by atoms with Gasteiger partial charge in [-0.3, -0.25) is 9.58 Å². The van der Waals surface area contributed by atoms with E-state index in [1.54, 1.807) is 6.33 Å². The van der Waals surface area contributed by atoms with Gasteiger partial charge in [0.15, 0.2) is 0 Å². The molecule has 1 aliphatic heterocycles. The van der Waals surface area contributed by atoms with Crippen molar-refractivity contribution in [2.24, 2.45) is 0 Å². The summed E-state index contributed by atoms with van der Waals surface area (Å²) in [6.07, 6.45) is 8.41. The zero-order chi connectivity index (χ0) is 11.5. The van der Waals surface area contributed by atoms with Gasteiger partial charge in [0.1, 0.15) is 6.33 Å². The van der Waals surface area contributed by atoms with Crippen molar-refractivity contribution in [2.75, 3.05) is 13.1 Å². The van der Waals surface area contributed by atoms with Gasteiger partial charge in [-0.1, -0.05) is 0 Å². The first-order valence-corrected chi connectivity index (χ1v) is 5.89. The highest BCUT2D eigenvalue weighted by Crippen LogP contribution is 2.14. The molecule has 0 fully saturated rings. The van der Waals surface area contributed by atoms with E-state index in [1.807, 2.05) is 29.3 Å². The molecule has 0 N–H and O–H groups in total. The summed E-state index contributed by atoms with van der Waals surface area (Å²) in [6.45, 7) is 3.99. The van der Waals surface area contributed by atoms with E-state index < -0.39 is 0 Å². The van der Waals surface area contributed by atoms with Gasteiger partial charge in [0.05, 0.1) is 6.54 Å². The second-order valence-corrected chi connectivity index (χ2v) is 4.29. The summed E-state index contributed by atoms with van der Waals surface area (Å²) in [7, 11) is 0. The fraction of sp³-hybridized carbons (Fsp3) is 0.417. The van der Waals surface area contributed by atoms with Crippen LogP contribution in [0.3, 0.4) is 0 Å². The monoisotopic (exact) mass is 229 g/mol. The summed E-state index contributed by atoms with van der Waals surface area (Å²) in [4.78, 5) is 10.8. The average Bonchev–Trinajstić information content (AvgIpc) is 2.89. The van der Waals surface area contributed by atoms with Crippen LogP contribution < -0.4 is 0 Å². The third kappa shape index (κ3) is 2.34. The first-order chi connectivity index (χ1) is 8.42. The Balaban J connectivity index is 1.61. The summed E-state index contributed by atoms with van der Waals surface area (Å²) in [5, 5.41) is 4.21. The van der Waals surface area contributed by atoms with Crippen molar-refractivity contribution < 1.29 is 0 Å². The van der Waals surface area contributed by atoms with Crippen molar-refractivity contribution in [1.29, 1.82) is 0 Å². The van der Waals surface area contributed by atoms with Crippen LogP contribution in [0, 0.1) is 0 Å². The molecule has 0 atom stereocenters. The molecule has 2 aromatic heterocycles. The van der Waals surface area contributed by atoms with Gasteiger partial charge < -0.3 is 0 Å². The molecule has 3 rings (SSSR count). The molecule has 17 heavy (non-hydrogen) atoms. The Labute approximate surface area is 100 Å². The maximum Gasteiger partial charge on any atom is 0.115 e. The molecule has 0 unspecified atom stereocenters. The zero-order valence-electron chi connectivity index (χ0n) is 9.66. The summed E-state index contributed by atoms with van der Waals surface area (Å²) in [6, 6.07) is 1.96. The highest BCUT2D eigenvalue weighted by molar-refractivity contribution is 5.18. The molecule has 5 nitrogen and oxygen atoms in total. The lowest BCUT2D eigenvalue weighted by Gasteiger charge is -2.27. The van der Waals surface area contributed by atoms with Crippen molar-refractivity contribution in [3.8, 4) is 0 Å². The lowest BCUT2D eigenvalue weighted by atomic mass is 10.1. The Kier molecular flexibility index (Phi) is 2.83. The van der Waals surface area contributed by atoms with Crippen LogP contribution in [-0.2, 0) is 19.5 Å². The zero-order valence-corrected chi connectivity index (χ0v) is 9.66. The molecule has 1 aliphatic rings. The van der Waals surface area contributed by atoms with Crippen LogP contribution in [-0.4, -0.2) is 37.7 Å². The standard InChI is InChI=1S/C12H15N5/c1-3-15-17(4-1)7-6-16-5-2-12-11(9-16)8-13-10-14-12/h1,3-4,8,10H,2,5-7,9H2. The number of hydrogen-bond acceptors (Lipinski definition) is 4. The maximum atomic E-state index is 4.31. The Morgan fingerprint density at radius 3 is 3.18 bits per heavy atom. The van der Waals surface area contributed by atoms with Gasteiger partial charge in [-0.2, -0.15) is 5.10 Å². The van der Waals surface area contributed by atoms with Gasteiger partial charge in [0.25, 0.3) is 0 Å². The minimum absolute atomic E-state index is 0.941. The van der Waals surface area contributed by atoms with Gasteiger partial charge in [-0.25, -0.2) is 9.97 Å². The molecule has 0 aromatic carbocycles. The van der Waals surface area contributed by atoms with E-state index in [1.165, 1.54) is 11.3 Å². The minimum atomic E-state index is 0.941. The Morgan fingerprint density at radius 1 is 1.29 bits per heavy atom. The number of rotatable bonds is 3. The molecule has 0 saturated heterocycles. The van der Waals surface area contributed by atoms with Crippen molar-refractivity contribution in [3.05, 3.63) is 42.2 Å². The summed E-state index contributed by atoms with van der Waals surface area (Å²) < 4.78 is 1.97. The molecule has 3 heterocycles. The van der Waals surface area contributed by atoms with Gasteiger partial charge in [-0.15, -0.1) is 0 Å². The van der Waals surface area contributed by atoms with Crippen molar-refractivity contribution in [1.82, 2.24) is 24.6 Å². The average molecular weight is 229 g/mol. The van der Waals surface area contributed by atoms with Gasteiger partial charge in [-0.05, 0) is 6.07 Å². The molecule has 0 spiro atoms. The Morgan fingerprint density at radius 2 is 2.29 bits per heavy atom. The minimum Gasteiger partial charge on any atom is -0.297 e. The fourth-order valence-electron chi connectivity index (χ4n) is 2.19. The molecule has 0 aliphatic carbocycles. The van der Waals surface area contributed by atoms with Gasteiger partial charge in [0, 0.05) is 55.9 Å². The fourth-order valence-corrected chi connectivity index (χ4v) is 2.19. The second-order valence-electron chi connectivity index (χ2n) is 4.29. The van der Waals surface area contributed by atoms with Crippen molar-refractivity contribution in [2.45, 2.75) is 19.5 Å². The Bertz CT molecular complexity index is 479. The molecular formula is C12H15N5. The second kappa shape index (κ2) is 4.63. The molecule has 88 valence electrons. The molecule has 5 heteroatoms. The largest absolute Gasteiger partial charge is 0.297 e. The van der Waals surface area contributed by atoms with E-state index in [-0.39, 0.29) is 0 Å². The highest BCUT2D eigenvalue weighted by atomic mass is 15.3. The van der Waals surface area contributed by atoms with Crippen molar-refractivity contribution in [3.63, 3.8) is 0 Å². The number of fused-ring (bicyclic) bond motifs is 1. The van der Waals surface area contributed by atoms with E-state index in [0.717, 1.165) is 32.6 Å². The van der Waals surface area contributed by atoms with Gasteiger partial charge >= 0.3 is 0 Å². The normalized spacial score (nSPS) is 15.8. The van der Waals surface area contributed by atoms with Crippen LogP contribution in [0.4, 0.5) is 0 Å². The van der Waals surface area contributed by atoms with E-state index in [9.17, 15) is 0 Å². The molecule has 0 amide bonds. The Hall–Kier alpha value is -1.75. The SMILES string of the molecule is c1cnn(CCN2CCc3ncncc3C2)c1. The molecule has 0 radical (unpaired) electrons. The smallest absolute Gasteiger partial charge is 0.115 e. The predicted octanol–water partition coefficient (Wildman–Crippen LogP) is 0.731. The van der Waals surface area contributed by atoms with Crippen LogP contribution in [0.15, 0.2) is 31.0 Å². The topological polar surface area (TPSA) is 46.8 Å². The first-order valence-electron chi connectivity index (χ1n) is 5.89. The number of hydrogen-bond donors (Lipinski definition) is 0. The molecule has 0 saturated carbocycles. The quantitative estimate of drug-likeness (QED) is 0.778. The van der Waals surface area contributed by atoms with Crippen LogP contribution >= 0.6 is 0 Å². The van der Waals surface area contributed by atoms with Crippen LogP contribution in [0.2, 0.25) is 0 Å². The number of aromatic nitrogens is 4. The van der Waals surface area contributed by atoms with Crippen LogP contribution in [0.5, 0.6) is 0 Å². The molecule has 0 bridgehead atoms. The van der Waals surface area contributed by atoms with Gasteiger partial charge in [0.2, 0.25) is 0 Å². The molecular weight excluding hydrogens is 214 g/mol. The lowest BCUT2D eigenvalue weighted by molar-refractivity contribution is 0.238. The maximum absolute atomic E-state index is 4.31. The highest BCUT2D eigenvalue weighted by Gasteiger charge is 2.16. The van der Waals surface area contributed by atoms with E-state index in [0.29, 0.717) is 0 Å². The van der Waals surface area contributed by atoms with E-state index in [4.69, 9.17) is 0 Å². The molecule has 2 aromatic rings. The van der Waals surface area contributed by atoms with Crippen LogP contribution in [0.1, 0.15) is 11.3 Å². The first kappa shape index (κ1) is 10.4. The number of nitrogens with zero attached hydrogens (tertiary/aromatic N) is 5. The van der Waals surface area contributed by atoms with E-state index >= 15 is 0 Å². The summed E-state index contributed by atoms with van der Waals surface area (Å²) >= 11 is 0. The predicted molar refractivity (Wildman–Crippen MR) is 63.2 cm³/mol. The van der Waals surface area contributed by atoms with Crippen LogP contribution in [0.25, 0.3) is 0 Å². The van der Waals surface area contributed by atoms with Crippen molar-refractivity contribution >= 4 is 0 Å². The summed E-state index contributed by atoms with van der Waals surface area (Å²) in [5.74, 6) is 0. The third-order valence-electron chi connectivity index (χ3n) is 3.14.